The molecule has 0 saturated carbocycles. The number of nitrogens with zero attached hydrogens (tertiary/aromatic N) is 1. The summed E-state index contributed by atoms with van der Waals surface area (Å²) < 4.78 is 16.3. The number of amides is 1. The Morgan fingerprint density at radius 3 is 2.81 bits per heavy atom. The lowest BCUT2D eigenvalue weighted by Gasteiger charge is -2.08. The topological polar surface area (TPSA) is 69.7 Å². The lowest BCUT2D eigenvalue weighted by atomic mass is 10.1. The molecule has 0 radical (unpaired) electrons. The van der Waals surface area contributed by atoms with Crippen LogP contribution in [0.5, 0.6) is 17.2 Å². The van der Waals surface area contributed by atoms with Crippen LogP contribution >= 0.6 is 11.3 Å². The van der Waals surface area contributed by atoms with Crippen molar-refractivity contribution in [3.63, 3.8) is 0 Å². The van der Waals surface area contributed by atoms with Crippen LogP contribution in [0.25, 0.3) is 0 Å². The second kappa shape index (κ2) is 7.45. The summed E-state index contributed by atoms with van der Waals surface area (Å²) >= 11 is 1.53. The van der Waals surface area contributed by atoms with Crippen LogP contribution in [-0.4, -0.2) is 17.7 Å². The zero-order chi connectivity index (χ0) is 17.8. The smallest absolute Gasteiger partial charge is 0.251 e. The normalized spacial score (nSPS) is 12.0. The Morgan fingerprint density at radius 1 is 1.15 bits per heavy atom. The van der Waals surface area contributed by atoms with E-state index in [9.17, 15) is 4.79 Å². The number of fused-ring (bicyclic) bond motifs is 1. The molecule has 2 heterocycles. The maximum Gasteiger partial charge on any atom is 0.251 e. The molecule has 0 atom stereocenters. The van der Waals surface area contributed by atoms with Gasteiger partial charge in [0.1, 0.15) is 12.4 Å². The monoisotopic (exact) mass is 368 g/mol. The molecule has 26 heavy (non-hydrogen) atoms. The molecule has 132 valence electrons. The van der Waals surface area contributed by atoms with E-state index >= 15 is 0 Å². The predicted molar refractivity (Wildman–Crippen MR) is 96.6 cm³/mol. The fraction of sp³-hybridized carbons (Fsp3) is 0.158. The minimum absolute atomic E-state index is 0.145. The molecule has 3 aromatic rings. The largest absolute Gasteiger partial charge is 0.487 e. The molecule has 6 nitrogen and oxygen atoms in total. The number of carbonyl (C=O) groups excluding carboxylic acids is 1. The maximum atomic E-state index is 12.3. The van der Waals surface area contributed by atoms with Gasteiger partial charge in [0.2, 0.25) is 6.79 Å². The summed E-state index contributed by atoms with van der Waals surface area (Å²) in [5, 5.41) is 4.84. The van der Waals surface area contributed by atoms with Crippen LogP contribution in [-0.2, 0) is 13.2 Å². The van der Waals surface area contributed by atoms with E-state index in [1.165, 1.54) is 11.3 Å². The van der Waals surface area contributed by atoms with E-state index in [1.807, 2.05) is 23.6 Å². The number of hydrogen-bond donors (Lipinski definition) is 1. The molecule has 0 spiro atoms. The van der Waals surface area contributed by atoms with Crippen molar-refractivity contribution in [1.29, 1.82) is 0 Å². The number of benzene rings is 2. The van der Waals surface area contributed by atoms with Gasteiger partial charge in [0.25, 0.3) is 5.91 Å². The summed E-state index contributed by atoms with van der Waals surface area (Å²) in [5.41, 5.74) is 4.19. The molecule has 1 aliphatic rings. The highest BCUT2D eigenvalue weighted by molar-refractivity contribution is 7.07. The number of rotatable bonds is 6. The lowest BCUT2D eigenvalue weighted by molar-refractivity contribution is 0.0950. The number of aromatic nitrogens is 1. The highest BCUT2D eigenvalue weighted by Gasteiger charge is 2.13. The van der Waals surface area contributed by atoms with Gasteiger partial charge in [-0.3, -0.25) is 4.79 Å². The van der Waals surface area contributed by atoms with E-state index in [-0.39, 0.29) is 12.7 Å². The van der Waals surface area contributed by atoms with Crippen molar-refractivity contribution in [2.75, 3.05) is 6.79 Å². The van der Waals surface area contributed by atoms with Gasteiger partial charge in [0.05, 0.1) is 11.2 Å². The molecular weight excluding hydrogens is 352 g/mol. The number of carbonyl (C=O) groups is 1. The van der Waals surface area contributed by atoms with Gasteiger partial charge in [-0.05, 0) is 42.0 Å². The molecule has 7 heteroatoms. The summed E-state index contributed by atoms with van der Waals surface area (Å²) in [4.78, 5) is 16.5. The minimum Gasteiger partial charge on any atom is -0.487 e. The predicted octanol–water partition coefficient (Wildman–Crippen LogP) is 3.38. The van der Waals surface area contributed by atoms with Crippen molar-refractivity contribution in [2.24, 2.45) is 0 Å². The lowest BCUT2D eigenvalue weighted by Crippen LogP contribution is -2.22. The number of nitrogens with one attached hydrogen (secondary N) is 1. The van der Waals surface area contributed by atoms with Crippen LogP contribution in [0.4, 0.5) is 0 Å². The van der Waals surface area contributed by atoms with Gasteiger partial charge < -0.3 is 19.5 Å². The van der Waals surface area contributed by atoms with Gasteiger partial charge in [-0.25, -0.2) is 4.98 Å². The van der Waals surface area contributed by atoms with Gasteiger partial charge in [-0.15, -0.1) is 11.3 Å². The second-order valence-electron chi connectivity index (χ2n) is 5.66. The van der Waals surface area contributed by atoms with Crippen LogP contribution in [0.2, 0.25) is 0 Å². The summed E-state index contributed by atoms with van der Waals surface area (Å²) in [6, 6.07) is 12.7. The Hall–Kier alpha value is -3.06. The van der Waals surface area contributed by atoms with Gasteiger partial charge in [-0.2, -0.15) is 0 Å². The number of ether oxygens (including phenoxy) is 3. The first kappa shape index (κ1) is 16.4. The highest BCUT2D eigenvalue weighted by Crippen LogP contribution is 2.32. The van der Waals surface area contributed by atoms with Crippen LogP contribution in [0.15, 0.2) is 53.4 Å². The first-order valence-electron chi connectivity index (χ1n) is 8.04. The molecule has 1 aromatic heterocycles. The van der Waals surface area contributed by atoms with Crippen molar-refractivity contribution in [3.05, 3.63) is 70.2 Å². The van der Waals surface area contributed by atoms with E-state index in [0.717, 1.165) is 17.0 Å². The van der Waals surface area contributed by atoms with Crippen LogP contribution in [0, 0.1) is 0 Å². The van der Waals surface area contributed by atoms with Gasteiger partial charge in [-0.1, -0.05) is 6.07 Å². The fourth-order valence-corrected chi connectivity index (χ4v) is 3.05. The second-order valence-corrected chi connectivity index (χ2v) is 6.38. The van der Waals surface area contributed by atoms with Crippen molar-refractivity contribution < 1.29 is 19.0 Å². The standard InChI is InChI=1S/C19H16N2O4S/c22-19(20-8-13-1-6-17-18(7-13)25-12-24-17)14-2-4-16(5-3-14)23-9-15-10-26-11-21-15/h1-7,10-11H,8-9,12H2,(H,20,22). The van der Waals surface area contributed by atoms with E-state index in [2.05, 4.69) is 10.3 Å². The van der Waals surface area contributed by atoms with Crippen molar-refractivity contribution in [2.45, 2.75) is 13.2 Å². The number of thiazole rings is 1. The van der Waals surface area contributed by atoms with Crippen LogP contribution in [0.1, 0.15) is 21.6 Å². The Bertz CT molecular complexity index is 894. The zero-order valence-electron chi connectivity index (χ0n) is 13.8. The highest BCUT2D eigenvalue weighted by atomic mass is 32.1. The molecule has 1 N–H and O–H groups in total. The van der Waals surface area contributed by atoms with Crippen LogP contribution in [0.3, 0.4) is 0 Å². The molecular formula is C19H16N2O4S. The average Bonchev–Trinajstić information content (AvgIpc) is 3.36. The molecule has 0 unspecified atom stereocenters. The first-order valence-corrected chi connectivity index (χ1v) is 8.99. The molecule has 0 bridgehead atoms. The summed E-state index contributed by atoms with van der Waals surface area (Å²) in [7, 11) is 0. The average molecular weight is 368 g/mol. The molecule has 1 amide bonds. The van der Waals surface area contributed by atoms with E-state index in [0.29, 0.717) is 30.2 Å². The summed E-state index contributed by atoms with van der Waals surface area (Å²) in [6.45, 7) is 1.07. The third kappa shape index (κ3) is 3.78. The van der Waals surface area contributed by atoms with Gasteiger partial charge in [0.15, 0.2) is 11.5 Å². The molecule has 4 rings (SSSR count). The Labute approximate surface area is 154 Å². The van der Waals surface area contributed by atoms with Crippen LogP contribution < -0.4 is 19.5 Å². The molecule has 0 saturated heterocycles. The third-order valence-corrected chi connectivity index (χ3v) is 4.51. The molecule has 0 aliphatic carbocycles. The molecule has 1 aliphatic heterocycles. The number of hydrogen-bond acceptors (Lipinski definition) is 6. The fourth-order valence-electron chi connectivity index (χ4n) is 2.50. The Balaban J connectivity index is 1.31. The van der Waals surface area contributed by atoms with Crippen molar-refractivity contribution in [3.8, 4) is 17.2 Å². The van der Waals surface area contributed by atoms with E-state index in [4.69, 9.17) is 14.2 Å². The minimum atomic E-state index is -0.145. The van der Waals surface area contributed by atoms with Crippen molar-refractivity contribution >= 4 is 17.2 Å². The van der Waals surface area contributed by atoms with Crippen molar-refractivity contribution in [1.82, 2.24) is 10.3 Å². The quantitative estimate of drug-likeness (QED) is 0.722. The van der Waals surface area contributed by atoms with Gasteiger partial charge in [0, 0.05) is 17.5 Å². The molecule has 0 fully saturated rings. The summed E-state index contributed by atoms with van der Waals surface area (Å²) in [5.74, 6) is 1.99. The first-order chi connectivity index (χ1) is 12.8. The zero-order valence-corrected chi connectivity index (χ0v) is 14.6. The van der Waals surface area contributed by atoms with Gasteiger partial charge >= 0.3 is 0 Å². The maximum absolute atomic E-state index is 12.3. The summed E-state index contributed by atoms with van der Waals surface area (Å²) in [6.07, 6.45) is 0. The van der Waals surface area contributed by atoms with E-state index in [1.54, 1.807) is 29.8 Å². The SMILES string of the molecule is O=C(NCc1ccc2c(c1)OCO2)c1ccc(OCc2cscn2)cc1. The molecule has 2 aromatic carbocycles. The Morgan fingerprint density at radius 2 is 2.00 bits per heavy atom. The third-order valence-electron chi connectivity index (χ3n) is 3.88. The van der Waals surface area contributed by atoms with E-state index < -0.39 is 0 Å². The Kier molecular flexibility index (Phi) is 4.70.